The van der Waals surface area contributed by atoms with Crippen molar-refractivity contribution in [2.45, 2.75) is 45.3 Å². The van der Waals surface area contributed by atoms with Gasteiger partial charge in [0, 0.05) is 18.7 Å². The van der Waals surface area contributed by atoms with Crippen LogP contribution in [0.5, 0.6) is 0 Å². The minimum Gasteiger partial charge on any atom is -0.458 e. The van der Waals surface area contributed by atoms with Crippen LogP contribution >= 0.6 is 0 Å². The molecule has 1 aromatic rings. The molecule has 3 rings (SSSR count). The van der Waals surface area contributed by atoms with Crippen LogP contribution in [0, 0.1) is 0 Å². The molecule has 1 unspecified atom stereocenters. The van der Waals surface area contributed by atoms with Crippen LogP contribution < -0.4 is 10.6 Å². The number of carbonyl (C=O) groups is 5. The Bertz CT molecular complexity index is 1080. The molecule has 4 amide bonds. The maximum Gasteiger partial charge on any atom is 0.332 e. The molecule has 40 heavy (non-hydrogen) atoms. The lowest BCUT2D eigenvalue weighted by Crippen LogP contribution is -2.54. The Morgan fingerprint density at radius 2 is 1.55 bits per heavy atom. The van der Waals surface area contributed by atoms with Gasteiger partial charge in [0.15, 0.2) is 0 Å². The van der Waals surface area contributed by atoms with Gasteiger partial charge in [0.2, 0.25) is 11.8 Å². The number of benzene rings is 1. The number of nitrogens with one attached hydrogen (secondary N) is 2. The molecule has 13 nitrogen and oxygen atoms in total. The minimum absolute atomic E-state index is 0.0648. The van der Waals surface area contributed by atoms with Gasteiger partial charge in [-0.2, -0.15) is 0 Å². The highest BCUT2D eigenvalue weighted by atomic mass is 16.6. The fraction of sp³-hybridized carbons (Fsp3) is 0.593. The first-order valence-corrected chi connectivity index (χ1v) is 13.2. The normalized spacial score (nSPS) is 17.2. The summed E-state index contributed by atoms with van der Waals surface area (Å²) in [4.78, 5) is 62.1. The van der Waals surface area contributed by atoms with Crippen LogP contribution in [0.25, 0.3) is 0 Å². The average Bonchev–Trinajstić information content (AvgIpc) is 3.13. The van der Waals surface area contributed by atoms with Crippen LogP contribution in [0.4, 0.5) is 5.69 Å². The molecular weight excluding hydrogens is 526 g/mol. The number of fused-ring (bicyclic) bond motifs is 1. The molecule has 0 bridgehead atoms. The molecular formula is C27H37N3O10. The van der Waals surface area contributed by atoms with E-state index in [1.54, 1.807) is 39.0 Å². The van der Waals surface area contributed by atoms with Gasteiger partial charge in [-0.1, -0.05) is 6.07 Å². The van der Waals surface area contributed by atoms with Gasteiger partial charge < -0.3 is 29.0 Å². The number of hydrogen-bond donors (Lipinski definition) is 2. The second kappa shape index (κ2) is 14.8. The molecule has 2 aliphatic heterocycles. The van der Waals surface area contributed by atoms with Crippen molar-refractivity contribution in [2.24, 2.45) is 0 Å². The lowest BCUT2D eigenvalue weighted by molar-refractivity contribution is -0.160. The molecule has 13 heteroatoms. The van der Waals surface area contributed by atoms with E-state index in [0.29, 0.717) is 51.9 Å². The van der Waals surface area contributed by atoms with Gasteiger partial charge in [0.05, 0.1) is 57.4 Å². The van der Waals surface area contributed by atoms with E-state index in [9.17, 15) is 24.0 Å². The number of nitrogens with zero attached hydrogens (tertiary/aromatic N) is 1. The third-order valence-corrected chi connectivity index (χ3v) is 5.79. The summed E-state index contributed by atoms with van der Waals surface area (Å²) < 4.78 is 26.7. The van der Waals surface area contributed by atoms with Crippen molar-refractivity contribution >= 4 is 35.3 Å². The molecule has 0 aromatic heterocycles. The number of anilines is 1. The zero-order valence-electron chi connectivity index (χ0n) is 23.1. The summed E-state index contributed by atoms with van der Waals surface area (Å²) in [5, 5.41) is 5.30. The highest BCUT2D eigenvalue weighted by Gasteiger charge is 2.45. The van der Waals surface area contributed by atoms with Gasteiger partial charge in [-0.05, 0) is 39.3 Å². The summed E-state index contributed by atoms with van der Waals surface area (Å²) in [6.45, 7) is 8.04. The van der Waals surface area contributed by atoms with E-state index < -0.39 is 41.2 Å². The lowest BCUT2D eigenvalue weighted by atomic mass is 10.0. The minimum atomic E-state index is -1.01. The topological polar surface area (TPSA) is 159 Å². The van der Waals surface area contributed by atoms with Gasteiger partial charge in [0.1, 0.15) is 18.2 Å². The van der Waals surface area contributed by atoms with Crippen molar-refractivity contribution < 1.29 is 47.7 Å². The van der Waals surface area contributed by atoms with E-state index in [0.717, 1.165) is 4.90 Å². The number of ether oxygens (including phenoxy) is 5. The highest BCUT2D eigenvalue weighted by molar-refractivity contribution is 6.25. The van der Waals surface area contributed by atoms with Crippen LogP contribution in [0.1, 0.15) is 54.3 Å². The number of amides is 4. The largest absolute Gasteiger partial charge is 0.458 e. The fourth-order valence-electron chi connectivity index (χ4n) is 4.11. The Morgan fingerprint density at radius 3 is 2.17 bits per heavy atom. The average molecular weight is 564 g/mol. The van der Waals surface area contributed by atoms with Crippen molar-refractivity contribution in [1.82, 2.24) is 10.2 Å². The molecule has 1 fully saturated rings. The molecule has 0 spiro atoms. The van der Waals surface area contributed by atoms with Crippen LogP contribution in [0.2, 0.25) is 0 Å². The van der Waals surface area contributed by atoms with Crippen molar-refractivity contribution in [2.75, 3.05) is 64.7 Å². The quantitative estimate of drug-likeness (QED) is 0.167. The number of rotatable bonds is 16. The van der Waals surface area contributed by atoms with E-state index in [4.69, 9.17) is 23.7 Å². The second-order valence-electron chi connectivity index (χ2n) is 10.1. The molecule has 0 saturated carbocycles. The summed E-state index contributed by atoms with van der Waals surface area (Å²) in [7, 11) is 0. The molecule has 0 radical (unpaired) electrons. The first kappa shape index (κ1) is 31.1. The first-order chi connectivity index (χ1) is 19.1. The maximum atomic E-state index is 13.1. The number of carbonyl (C=O) groups excluding carboxylic acids is 5. The summed E-state index contributed by atoms with van der Waals surface area (Å²) >= 11 is 0. The van der Waals surface area contributed by atoms with E-state index in [1.807, 2.05) is 0 Å². The standard InChI is InChI=1S/C27H37N3O10/c1-27(2,3)40-22(32)17-39-16-15-38-14-13-37-12-11-36-10-9-28-19-6-4-5-18-23(19)26(35)30(25(18)34)20-7-8-21(31)29-24(20)33/h4-6,20,28H,7-17H2,1-3H3,(H,29,31,33). The number of piperidine rings is 1. The Kier molecular flexibility index (Phi) is 11.6. The Morgan fingerprint density at radius 1 is 0.925 bits per heavy atom. The third-order valence-electron chi connectivity index (χ3n) is 5.79. The van der Waals surface area contributed by atoms with Gasteiger partial charge in [-0.25, -0.2) is 4.79 Å². The SMILES string of the molecule is CC(C)(C)OC(=O)COCCOCCOCCOCCNc1cccc2c1C(=O)N(C1CCC(=O)NC1=O)C2=O. The number of hydrogen-bond acceptors (Lipinski definition) is 11. The Labute approximate surface area is 232 Å². The van der Waals surface area contributed by atoms with Crippen LogP contribution in [-0.2, 0) is 38.1 Å². The third kappa shape index (κ3) is 9.08. The predicted molar refractivity (Wildman–Crippen MR) is 141 cm³/mol. The molecule has 1 atom stereocenters. The maximum absolute atomic E-state index is 13.1. The monoisotopic (exact) mass is 563 g/mol. The summed E-state index contributed by atoms with van der Waals surface area (Å²) in [5.41, 5.74) is 0.349. The molecule has 1 saturated heterocycles. The fourth-order valence-corrected chi connectivity index (χ4v) is 4.11. The number of esters is 1. The molecule has 2 N–H and O–H groups in total. The second-order valence-corrected chi connectivity index (χ2v) is 10.1. The van der Waals surface area contributed by atoms with E-state index in [2.05, 4.69) is 10.6 Å². The van der Waals surface area contributed by atoms with Crippen LogP contribution in [-0.4, -0.2) is 106 Å². The van der Waals surface area contributed by atoms with Crippen molar-refractivity contribution in [3.8, 4) is 0 Å². The Balaban J connectivity index is 1.25. The van der Waals surface area contributed by atoms with E-state index in [-0.39, 0.29) is 37.2 Å². The zero-order valence-corrected chi connectivity index (χ0v) is 23.1. The van der Waals surface area contributed by atoms with Crippen molar-refractivity contribution in [1.29, 1.82) is 0 Å². The van der Waals surface area contributed by atoms with E-state index >= 15 is 0 Å². The summed E-state index contributed by atoms with van der Waals surface area (Å²) in [6.07, 6.45) is 0.167. The van der Waals surface area contributed by atoms with Gasteiger partial charge in [0.25, 0.3) is 11.8 Å². The Hall–Kier alpha value is -3.39. The summed E-state index contributed by atoms with van der Waals surface area (Å²) in [6, 6.07) is 3.87. The molecule has 1 aromatic carbocycles. The van der Waals surface area contributed by atoms with Crippen molar-refractivity contribution in [3.63, 3.8) is 0 Å². The number of imide groups is 2. The molecule has 220 valence electrons. The highest BCUT2D eigenvalue weighted by Crippen LogP contribution is 2.32. The predicted octanol–water partition coefficient (Wildman–Crippen LogP) is 0.908. The van der Waals surface area contributed by atoms with Gasteiger partial charge >= 0.3 is 5.97 Å². The first-order valence-electron chi connectivity index (χ1n) is 13.2. The van der Waals surface area contributed by atoms with E-state index in [1.165, 1.54) is 0 Å². The summed E-state index contributed by atoms with van der Waals surface area (Å²) in [5.74, 6) is -2.60. The molecule has 2 aliphatic rings. The lowest BCUT2D eigenvalue weighted by Gasteiger charge is -2.27. The van der Waals surface area contributed by atoms with Crippen LogP contribution in [0.3, 0.4) is 0 Å². The van der Waals surface area contributed by atoms with Crippen LogP contribution in [0.15, 0.2) is 18.2 Å². The zero-order chi connectivity index (χ0) is 29.1. The van der Waals surface area contributed by atoms with Gasteiger partial charge in [-0.15, -0.1) is 0 Å². The molecule has 0 aliphatic carbocycles. The smallest absolute Gasteiger partial charge is 0.332 e. The molecule has 2 heterocycles. The van der Waals surface area contributed by atoms with Gasteiger partial charge in [-0.3, -0.25) is 29.4 Å². The van der Waals surface area contributed by atoms with Crippen molar-refractivity contribution in [3.05, 3.63) is 29.3 Å².